The highest BCUT2D eigenvalue weighted by Gasteiger charge is 2.29. The van der Waals surface area contributed by atoms with Gasteiger partial charge in [0.15, 0.2) is 0 Å². The highest BCUT2D eigenvalue weighted by Crippen LogP contribution is 2.28. The van der Waals surface area contributed by atoms with Crippen LogP contribution in [0.15, 0.2) is 30.3 Å². The summed E-state index contributed by atoms with van der Waals surface area (Å²) in [7, 11) is 0. The fraction of sp³-hybridized carbons (Fsp3) is 0.667. The molecule has 1 aromatic rings. The first-order valence-electron chi connectivity index (χ1n) is 8.41. The smallest absolute Gasteiger partial charge is 0.0805 e. The van der Waals surface area contributed by atoms with Crippen LogP contribution in [0.3, 0.4) is 0 Å². The molecule has 0 saturated carbocycles. The molecule has 0 amide bonds. The van der Waals surface area contributed by atoms with Crippen LogP contribution < -0.4 is 0 Å². The molecular weight excluding hydrogens is 262 g/mol. The molecule has 3 atom stereocenters. The molecule has 0 aliphatic carbocycles. The lowest BCUT2D eigenvalue weighted by Gasteiger charge is -2.32. The topological polar surface area (TPSA) is 32.7 Å². The molecular formula is C18H27NO2. The van der Waals surface area contributed by atoms with Gasteiger partial charge in [0.25, 0.3) is 0 Å². The maximum Gasteiger partial charge on any atom is 0.0805 e. The summed E-state index contributed by atoms with van der Waals surface area (Å²) < 4.78 is 5.87. The minimum absolute atomic E-state index is 0.343. The van der Waals surface area contributed by atoms with Gasteiger partial charge in [-0.1, -0.05) is 30.3 Å². The molecule has 0 radical (unpaired) electrons. The van der Waals surface area contributed by atoms with E-state index in [1.807, 2.05) is 30.3 Å². The Labute approximate surface area is 127 Å². The zero-order valence-corrected chi connectivity index (χ0v) is 12.8. The summed E-state index contributed by atoms with van der Waals surface area (Å²) in [5, 5.41) is 10.4. The van der Waals surface area contributed by atoms with Crippen LogP contribution in [0.1, 0.15) is 50.2 Å². The molecule has 0 unspecified atom stereocenters. The van der Waals surface area contributed by atoms with Crippen molar-refractivity contribution in [3.63, 3.8) is 0 Å². The first-order chi connectivity index (χ1) is 10.3. The van der Waals surface area contributed by atoms with Crippen LogP contribution in [0.2, 0.25) is 0 Å². The summed E-state index contributed by atoms with van der Waals surface area (Å²) >= 11 is 0. The van der Waals surface area contributed by atoms with Gasteiger partial charge in [0.1, 0.15) is 0 Å². The number of aliphatic hydroxyl groups is 1. The molecule has 3 nitrogen and oxygen atoms in total. The molecule has 1 aromatic carbocycles. The molecule has 3 rings (SSSR count). The highest BCUT2D eigenvalue weighted by molar-refractivity contribution is 5.17. The van der Waals surface area contributed by atoms with Gasteiger partial charge in [0, 0.05) is 19.2 Å². The van der Waals surface area contributed by atoms with Crippen LogP contribution in [-0.4, -0.2) is 41.8 Å². The van der Waals surface area contributed by atoms with E-state index in [0.29, 0.717) is 12.1 Å². The number of likely N-dealkylation sites (tertiary alicyclic amines) is 1. The van der Waals surface area contributed by atoms with Gasteiger partial charge in [0.05, 0.1) is 12.2 Å². The number of benzene rings is 1. The second-order valence-electron chi connectivity index (χ2n) is 6.44. The molecule has 0 bridgehead atoms. The second kappa shape index (κ2) is 7.39. The van der Waals surface area contributed by atoms with Crippen molar-refractivity contribution in [2.45, 2.75) is 56.8 Å². The average molecular weight is 289 g/mol. The average Bonchev–Trinajstić information content (AvgIpc) is 2.96. The summed E-state index contributed by atoms with van der Waals surface area (Å²) in [6.45, 7) is 3.13. The van der Waals surface area contributed by atoms with Crippen molar-refractivity contribution in [2.24, 2.45) is 0 Å². The summed E-state index contributed by atoms with van der Waals surface area (Å²) in [5.41, 5.74) is 1.04. The number of nitrogens with zero attached hydrogens (tertiary/aromatic N) is 1. The summed E-state index contributed by atoms with van der Waals surface area (Å²) in [5.74, 6) is 0. The van der Waals surface area contributed by atoms with Gasteiger partial charge in [-0.2, -0.15) is 0 Å². The third kappa shape index (κ3) is 4.06. The number of aliphatic hydroxyl groups excluding tert-OH is 1. The summed E-state index contributed by atoms with van der Waals surface area (Å²) in [4.78, 5) is 2.54. The molecule has 0 spiro atoms. The van der Waals surface area contributed by atoms with Crippen molar-refractivity contribution in [3.8, 4) is 0 Å². The molecule has 2 aliphatic heterocycles. The van der Waals surface area contributed by atoms with E-state index in [0.717, 1.165) is 31.7 Å². The lowest BCUT2D eigenvalue weighted by atomic mass is 10.00. The Hall–Kier alpha value is -0.900. The molecule has 2 fully saturated rings. The Morgan fingerprint density at radius 3 is 2.76 bits per heavy atom. The van der Waals surface area contributed by atoms with Crippen LogP contribution in [0.25, 0.3) is 0 Å². The van der Waals surface area contributed by atoms with E-state index < -0.39 is 0 Å². The van der Waals surface area contributed by atoms with Crippen molar-refractivity contribution < 1.29 is 9.84 Å². The highest BCUT2D eigenvalue weighted by atomic mass is 16.5. The minimum Gasteiger partial charge on any atom is -0.388 e. The van der Waals surface area contributed by atoms with Gasteiger partial charge in [-0.05, 0) is 50.6 Å². The number of hydrogen-bond donors (Lipinski definition) is 1. The maximum atomic E-state index is 10.4. The molecule has 1 N–H and O–H groups in total. The number of ether oxygens (including phenoxy) is 1. The monoisotopic (exact) mass is 289 g/mol. The SMILES string of the molecule is O[C@H](C[C@@H]1CCCN1C[C@@H]1CCCCO1)c1ccccc1. The Kier molecular flexibility index (Phi) is 5.28. The lowest BCUT2D eigenvalue weighted by molar-refractivity contribution is -0.0115. The minimum atomic E-state index is -0.343. The van der Waals surface area contributed by atoms with Crippen LogP contribution in [0, 0.1) is 0 Å². The van der Waals surface area contributed by atoms with Crippen LogP contribution >= 0.6 is 0 Å². The van der Waals surface area contributed by atoms with Crippen molar-refractivity contribution >= 4 is 0 Å². The van der Waals surface area contributed by atoms with Crippen LogP contribution in [0.4, 0.5) is 0 Å². The number of rotatable bonds is 5. The van der Waals surface area contributed by atoms with E-state index in [-0.39, 0.29) is 6.10 Å². The second-order valence-corrected chi connectivity index (χ2v) is 6.44. The molecule has 21 heavy (non-hydrogen) atoms. The zero-order chi connectivity index (χ0) is 14.5. The van der Waals surface area contributed by atoms with E-state index in [2.05, 4.69) is 4.90 Å². The standard InChI is InChI=1S/C18H27NO2/c20-18(15-7-2-1-3-8-15)13-16-9-6-11-19(16)14-17-10-4-5-12-21-17/h1-3,7-8,16-18,20H,4-6,9-14H2/t16-,17-,18+/m0/s1. The van der Waals surface area contributed by atoms with Crippen molar-refractivity contribution in [3.05, 3.63) is 35.9 Å². The first-order valence-corrected chi connectivity index (χ1v) is 8.41. The fourth-order valence-corrected chi connectivity index (χ4v) is 3.68. The summed E-state index contributed by atoms with van der Waals surface area (Å²) in [6, 6.07) is 10.5. The summed E-state index contributed by atoms with van der Waals surface area (Å²) in [6.07, 6.45) is 7.08. The van der Waals surface area contributed by atoms with E-state index in [4.69, 9.17) is 4.74 Å². The molecule has 3 heteroatoms. The van der Waals surface area contributed by atoms with E-state index >= 15 is 0 Å². The lowest BCUT2D eigenvalue weighted by Crippen LogP contribution is -2.39. The normalized spacial score (nSPS) is 28.6. The fourth-order valence-electron chi connectivity index (χ4n) is 3.68. The molecule has 2 saturated heterocycles. The third-order valence-electron chi connectivity index (χ3n) is 4.89. The van der Waals surface area contributed by atoms with Crippen molar-refractivity contribution in [1.82, 2.24) is 4.90 Å². The van der Waals surface area contributed by atoms with E-state index in [9.17, 15) is 5.11 Å². The Bertz CT molecular complexity index is 416. The Morgan fingerprint density at radius 2 is 2.00 bits per heavy atom. The molecule has 2 heterocycles. The Balaban J connectivity index is 1.54. The van der Waals surface area contributed by atoms with Crippen molar-refractivity contribution in [1.29, 1.82) is 0 Å². The van der Waals surface area contributed by atoms with Crippen LogP contribution in [0.5, 0.6) is 0 Å². The largest absolute Gasteiger partial charge is 0.388 e. The van der Waals surface area contributed by atoms with Gasteiger partial charge in [-0.15, -0.1) is 0 Å². The predicted molar refractivity (Wildman–Crippen MR) is 84.2 cm³/mol. The van der Waals surface area contributed by atoms with Gasteiger partial charge >= 0.3 is 0 Å². The maximum absolute atomic E-state index is 10.4. The number of hydrogen-bond acceptors (Lipinski definition) is 3. The third-order valence-corrected chi connectivity index (χ3v) is 4.89. The van der Waals surface area contributed by atoms with Gasteiger partial charge in [-0.25, -0.2) is 0 Å². The quantitative estimate of drug-likeness (QED) is 0.904. The first kappa shape index (κ1) is 15.0. The van der Waals surface area contributed by atoms with Crippen molar-refractivity contribution in [2.75, 3.05) is 19.7 Å². The van der Waals surface area contributed by atoms with Gasteiger partial charge in [-0.3, -0.25) is 4.90 Å². The van der Waals surface area contributed by atoms with E-state index in [1.165, 1.54) is 32.1 Å². The molecule has 116 valence electrons. The predicted octanol–water partition coefficient (Wildman–Crippen LogP) is 3.14. The Morgan fingerprint density at radius 1 is 1.14 bits per heavy atom. The zero-order valence-electron chi connectivity index (χ0n) is 12.8. The molecule has 2 aliphatic rings. The molecule has 0 aromatic heterocycles. The van der Waals surface area contributed by atoms with Gasteiger partial charge < -0.3 is 9.84 Å². The van der Waals surface area contributed by atoms with Crippen LogP contribution in [-0.2, 0) is 4.74 Å². The van der Waals surface area contributed by atoms with Gasteiger partial charge in [0.2, 0.25) is 0 Å². The van der Waals surface area contributed by atoms with E-state index in [1.54, 1.807) is 0 Å².